The average Bonchev–Trinajstić information content (AvgIpc) is 2.33. The average molecular weight is 235 g/mol. The van der Waals surface area contributed by atoms with Gasteiger partial charge in [-0.25, -0.2) is 4.98 Å². The SMILES string of the molecule is CCCN(CCC)Cc1cccnc1NCC. The first-order valence-electron chi connectivity index (χ1n) is 6.71. The summed E-state index contributed by atoms with van der Waals surface area (Å²) in [5, 5.41) is 3.33. The highest BCUT2D eigenvalue weighted by molar-refractivity contribution is 5.43. The first-order chi connectivity index (χ1) is 8.31. The Morgan fingerprint density at radius 3 is 2.47 bits per heavy atom. The van der Waals surface area contributed by atoms with E-state index >= 15 is 0 Å². The number of anilines is 1. The van der Waals surface area contributed by atoms with Crippen molar-refractivity contribution < 1.29 is 0 Å². The van der Waals surface area contributed by atoms with Gasteiger partial charge in [0, 0.05) is 24.8 Å². The number of pyridine rings is 1. The summed E-state index contributed by atoms with van der Waals surface area (Å²) < 4.78 is 0. The molecule has 1 rings (SSSR count). The number of nitrogens with one attached hydrogen (secondary N) is 1. The van der Waals surface area contributed by atoms with Crippen LogP contribution in [0.15, 0.2) is 18.3 Å². The van der Waals surface area contributed by atoms with E-state index in [-0.39, 0.29) is 0 Å². The maximum absolute atomic E-state index is 4.40. The standard InChI is InChI=1S/C14H25N3/c1-4-10-17(11-5-2)12-13-8-7-9-16-14(13)15-6-3/h7-9H,4-6,10-12H2,1-3H3,(H,15,16). The zero-order valence-corrected chi connectivity index (χ0v) is 11.4. The lowest BCUT2D eigenvalue weighted by atomic mass is 10.2. The summed E-state index contributed by atoms with van der Waals surface area (Å²) in [4.78, 5) is 6.90. The summed E-state index contributed by atoms with van der Waals surface area (Å²) in [6.45, 7) is 10.8. The molecule has 1 N–H and O–H groups in total. The van der Waals surface area contributed by atoms with E-state index < -0.39 is 0 Å². The first-order valence-corrected chi connectivity index (χ1v) is 6.71. The molecule has 0 aliphatic carbocycles. The van der Waals surface area contributed by atoms with Crippen LogP contribution in [0.2, 0.25) is 0 Å². The van der Waals surface area contributed by atoms with Crippen LogP contribution in [0.5, 0.6) is 0 Å². The molecule has 96 valence electrons. The Bertz CT molecular complexity index is 306. The van der Waals surface area contributed by atoms with E-state index in [1.807, 2.05) is 12.3 Å². The van der Waals surface area contributed by atoms with Gasteiger partial charge in [-0.05, 0) is 38.9 Å². The molecule has 0 aliphatic heterocycles. The van der Waals surface area contributed by atoms with Crippen molar-refractivity contribution in [1.82, 2.24) is 9.88 Å². The summed E-state index contributed by atoms with van der Waals surface area (Å²) in [6.07, 6.45) is 4.26. The van der Waals surface area contributed by atoms with Crippen molar-refractivity contribution in [2.24, 2.45) is 0 Å². The molecular weight excluding hydrogens is 210 g/mol. The van der Waals surface area contributed by atoms with Crippen molar-refractivity contribution in [1.29, 1.82) is 0 Å². The summed E-state index contributed by atoms with van der Waals surface area (Å²) in [5.41, 5.74) is 1.30. The molecule has 0 saturated carbocycles. The Balaban J connectivity index is 2.69. The maximum atomic E-state index is 4.40. The van der Waals surface area contributed by atoms with Gasteiger partial charge in [0.2, 0.25) is 0 Å². The Labute approximate surface area is 105 Å². The van der Waals surface area contributed by atoms with Crippen LogP contribution in [0.3, 0.4) is 0 Å². The normalized spacial score (nSPS) is 10.8. The van der Waals surface area contributed by atoms with Crippen molar-refractivity contribution in [3.8, 4) is 0 Å². The lowest BCUT2D eigenvalue weighted by Gasteiger charge is -2.22. The molecule has 0 unspecified atom stereocenters. The number of hydrogen-bond acceptors (Lipinski definition) is 3. The Kier molecular flexibility index (Phi) is 6.63. The van der Waals surface area contributed by atoms with Crippen LogP contribution < -0.4 is 5.32 Å². The lowest BCUT2D eigenvalue weighted by Crippen LogP contribution is -2.25. The third-order valence-corrected chi connectivity index (χ3v) is 2.71. The predicted octanol–water partition coefficient (Wildman–Crippen LogP) is 3.14. The monoisotopic (exact) mass is 235 g/mol. The summed E-state index contributed by atoms with van der Waals surface area (Å²) in [5.74, 6) is 1.03. The van der Waals surface area contributed by atoms with E-state index in [0.29, 0.717) is 0 Å². The molecule has 1 aromatic heterocycles. The minimum Gasteiger partial charge on any atom is -0.370 e. The van der Waals surface area contributed by atoms with E-state index in [4.69, 9.17) is 0 Å². The van der Waals surface area contributed by atoms with Gasteiger partial charge < -0.3 is 5.32 Å². The molecule has 0 aliphatic rings. The largest absolute Gasteiger partial charge is 0.370 e. The molecular formula is C14H25N3. The smallest absolute Gasteiger partial charge is 0.130 e. The Hall–Kier alpha value is -1.09. The predicted molar refractivity (Wildman–Crippen MR) is 74.3 cm³/mol. The van der Waals surface area contributed by atoms with Crippen LogP contribution in [0.25, 0.3) is 0 Å². The molecule has 0 amide bonds. The van der Waals surface area contributed by atoms with Crippen molar-refractivity contribution in [3.63, 3.8) is 0 Å². The fourth-order valence-corrected chi connectivity index (χ4v) is 2.04. The van der Waals surface area contributed by atoms with Gasteiger partial charge in [0.05, 0.1) is 0 Å². The molecule has 0 atom stereocenters. The molecule has 1 heterocycles. The summed E-state index contributed by atoms with van der Waals surface area (Å²) in [6, 6.07) is 4.19. The van der Waals surface area contributed by atoms with Gasteiger partial charge >= 0.3 is 0 Å². The molecule has 0 radical (unpaired) electrons. The Morgan fingerprint density at radius 2 is 1.88 bits per heavy atom. The number of nitrogens with zero attached hydrogens (tertiary/aromatic N) is 2. The van der Waals surface area contributed by atoms with E-state index in [9.17, 15) is 0 Å². The van der Waals surface area contributed by atoms with Crippen LogP contribution in [-0.2, 0) is 6.54 Å². The zero-order valence-electron chi connectivity index (χ0n) is 11.4. The van der Waals surface area contributed by atoms with E-state index in [0.717, 1.165) is 32.0 Å². The molecule has 3 nitrogen and oxygen atoms in total. The highest BCUT2D eigenvalue weighted by Gasteiger charge is 2.07. The molecule has 17 heavy (non-hydrogen) atoms. The van der Waals surface area contributed by atoms with Gasteiger partial charge in [-0.1, -0.05) is 19.9 Å². The van der Waals surface area contributed by atoms with Gasteiger partial charge in [0.1, 0.15) is 5.82 Å². The van der Waals surface area contributed by atoms with E-state index in [2.05, 4.69) is 42.0 Å². The highest BCUT2D eigenvalue weighted by atomic mass is 15.1. The van der Waals surface area contributed by atoms with Crippen molar-refractivity contribution >= 4 is 5.82 Å². The van der Waals surface area contributed by atoms with E-state index in [1.54, 1.807) is 0 Å². The first kappa shape index (κ1) is 14.0. The molecule has 0 saturated heterocycles. The van der Waals surface area contributed by atoms with Crippen LogP contribution in [0, 0.1) is 0 Å². The number of hydrogen-bond donors (Lipinski definition) is 1. The molecule has 0 aromatic carbocycles. The minimum absolute atomic E-state index is 0.922. The van der Waals surface area contributed by atoms with Crippen molar-refractivity contribution in [2.45, 2.75) is 40.2 Å². The second kappa shape index (κ2) is 8.07. The van der Waals surface area contributed by atoms with Gasteiger partial charge in [0.15, 0.2) is 0 Å². The van der Waals surface area contributed by atoms with Crippen molar-refractivity contribution in [3.05, 3.63) is 23.9 Å². The molecule has 0 spiro atoms. The van der Waals surface area contributed by atoms with Gasteiger partial charge in [-0.15, -0.1) is 0 Å². The highest BCUT2D eigenvalue weighted by Crippen LogP contribution is 2.14. The van der Waals surface area contributed by atoms with Crippen LogP contribution in [0.4, 0.5) is 5.82 Å². The minimum atomic E-state index is 0.922. The quantitative estimate of drug-likeness (QED) is 0.750. The Morgan fingerprint density at radius 1 is 1.18 bits per heavy atom. The lowest BCUT2D eigenvalue weighted by molar-refractivity contribution is 0.266. The zero-order chi connectivity index (χ0) is 12.5. The molecule has 1 aromatic rings. The fourth-order valence-electron chi connectivity index (χ4n) is 2.04. The maximum Gasteiger partial charge on any atom is 0.130 e. The van der Waals surface area contributed by atoms with Gasteiger partial charge in [-0.3, -0.25) is 4.90 Å². The third kappa shape index (κ3) is 4.73. The van der Waals surface area contributed by atoms with E-state index in [1.165, 1.54) is 18.4 Å². The molecule has 0 fully saturated rings. The fraction of sp³-hybridized carbons (Fsp3) is 0.643. The third-order valence-electron chi connectivity index (χ3n) is 2.71. The number of rotatable bonds is 8. The van der Waals surface area contributed by atoms with Crippen LogP contribution in [-0.4, -0.2) is 29.5 Å². The van der Waals surface area contributed by atoms with Crippen LogP contribution >= 0.6 is 0 Å². The second-order valence-electron chi connectivity index (χ2n) is 4.32. The summed E-state index contributed by atoms with van der Waals surface area (Å²) >= 11 is 0. The second-order valence-corrected chi connectivity index (χ2v) is 4.32. The van der Waals surface area contributed by atoms with Crippen molar-refractivity contribution in [2.75, 3.05) is 25.0 Å². The topological polar surface area (TPSA) is 28.2 Å². The number of aromatic nitrogens is 1. The van der Waals surface area contributed by atoms with Gasteiger partial charge in [-0.2, -0.15) is 0 Å². The molecule has 0 bridgehead atoms. The van der Waals surface area contributed by atoms with Gasteiger partial charge in [0.25, 0.3) is 0 Å². The molecule has 3 heteroatoms. The van der Waals surface area contributed by atoms with Crippen LogP contribution in [0.1, 0.15) is 39.2 Å². The summed E-state index contributed by atoms with van der Waals surface area (Å²) in [7, 11) is 0.